The van der Waals surface area contributed by atoms with Crippen LogP contribution in [-0.4, -0.2) is 11.3 Å². The molecule has 0 aliphatic heterocycles. The Balaban J connectivity index is 2.11. The van der Waals surface area contributed by atoms with Crippen molar-refractivity contribution in [2.75, 3.05) is 0 Å². The van der Waals surface area contributed by atoms with Crippen LogP contribution in [0.25, 0.3) is 0 Å². The Kier molecular flexibility index (Phi) is 4.10. The second-order valence-electron chi connectivity index (χ2n) is 3.86. The van der Waals surface area contributed by atoms with Crippen molar-refractivity contribution in [2.24, 2.45) is 0 Å². The van der Waals surface area contributed by atoms with Crippen LogP contribution in [0, 0.1) is 6.92 Å². The lowest BCUT2D eigenvalue weighted by Gasteiger charge is -2.08. The van der Waals surface area contributed by atoms with Crippen LogP contribution in [0.15, 0.2) is 41.0 Å². The lowest BCUT2D eigenvalue weighted by atomic mass is 10.2. The average Bonchev–Trinajstić information content (AvgIpc) is 2.39. The molecular formula is C14H12BrNO2. The predicted molar refractivity (Wildman–Crippen MR) is 72.8 cm³/mol. The predicted octanol–water partition coefficient (Wildman–Crippen LogP) is 3.54. The average molecular weight is 306 g/mol. The van der Waals surface area contributed by atoms with Gasteiger partial charge in [0.2, 0.25) is 0 Å². The lowest BCUT2D eigenvalue weighted by Crippen LogP contribution is -2.00. The number of hydrogen-bond donors (Lipinski definition) is 0. The number of hydrogen-bond acceptors (Lipinski definition) is 3. The van der Waals surface area contributed by atoms with Crippen molar-refractivity contribution >= 4 is 22.2 Å². The summed E-state index contributed by atoms with van der Waals surface area (Å²) in [6, 6.07) is 9.20. The van der Waals surface area contributed by atoms with Crippen molar-refractivity contribution in [2.45, 2.75) is 13.5 Å². The summed E-state index contributed by atoms with van der Waals surface area (Å²) < 4.78 is 6.39. The van der Waals surface area contributed by atoms with E-state index in [4.69, 9.17) is 4.74 Å². The molecule has 0 radical (unpaired) electrons. The first-order chi connectivity index (χ1) is 8.70. The fourth-order valence-electron chi connectivity index (χ4n) is 1.52. The summed E-state index contributed by atoms with van der Waals surface area (Å²) in [5, 5.41) is 0. The Morgan fingerprint density at radius 1 is 1.39 bits per heavy atom. The number of nitrogens with zero attached hydrogens (tertiary/aromatic N) is 1. The first-order valence-electron chi connectivity index (χ1n) is 5.48. The number of halogens is 1. The SMILES string of the molecule is Cc1cccnc1COc1ccc(Br)c(C=O)c1. The molecule has 4 heteroatoms. The minimum Gasteiger partial charge on any atom is -0.487 e. The van der Waals surface area contributed by atoms with Gasteiger partial charge in [-0.1, -0.05) is 22.0 Å². The van der Waals surface area contributed by atoms with E-state index >= 15 is 0 Å². The highest BCUT2D eigenvalue weighted by Gasteiger charge is 2.03. The highest BCUT2D eigenvalue weighted by Crippen LogP contribution is 2.22. The molecule has 3 nitrogen and oxygen atoms in total. The minimum atomic E-state index is 0.395. The summed E-state index contributed by atoms with van der Waals surface area (Å²) in [7, 11) is 0. The van der Waals surface area contributed by atoms with E-state index in [1.54, 1.807) is 18.3 Å². The molecule has 1 heterocycles. The van der Waals surface area contributed by atoms with Crippen molar-refractivity contribution in [3.8, 4) is 5.75 Å². The van der Waals surface area contributed by atoms with Gasteiger partial charge < -0.3 is 4.74 Å². The van der Waals surface area contributed by atoms with Crippen molar-refractivity contribution in [1.82, 2.24) is 4.98 Å². The monoisotopic (exact) mass is 305 g/mol. The van der Waals surface area contributed by atoms with Crippen molar-refractivity contribution < 1.29 is 9.53 Å². The molecule has 1 aromatic heterocycles. The number of aldehydes is 1. The topological polar surface area (TPSA) is 39.2 Å². The number of aryl methyl sites for hydroxylation is 1. The number of pyridine rings is 1. The van der Waals surface area contributed by atoms with E-state index in [0.717, 1.165) is 22.0 Å². The fraction of sp³-hybridized carbons (Fsp3) is 0.143. The fourth-order valence-corrected chi connectivity index (χ4v) is 1.86. The Morgan fingerprint density at radius 2 is 2.22 bits per heavy atom. The summed E-state index contributed by atoms with van der Waals surface area (Å²) in [6.07, 6.45) is 2.53. The number of rotatable bonds is 4. The molecule has 0 bridgehead atoms. The first kappa shape index (κ1) is 12.8. The van der Waals surface area contributed by atoms with Gasteiger partial charge in [0.25, 0.3) is 0 Å². The summed E-state index contributed by atoms with van der Waals surface area (Å²) in [5.74, 6) is 0.658. The third-order valence-electron chi connectivity index (χ3n) is 2.59. The molecule has 0 fully saturated rings. The van der Waals surface area contributed by atoms with E-state index in [2.05, 4.69) is 20.9 Å². The van der Waals surface area contributed by atoms with Gasteiger partial charge in [-0.15, -0.1) is 0 Å². The van der Waals surface area contributed by atoms with Gasteiger partial charge in [-0.25, -0.2) is 0 Å². The maximum absolute atomic E-state index is 10.8. The number of benzene rings is 1. The van der Waals surface area contributed by atoms with Gasteiger partial charge in [0.05, 0.1) is 5.69 Å². The largest absolute Gasteiger partial charge is 0.487 e. The molecule has 0 spiro atoms. The molecule has 0 aliphatic rings. The van der Waals surface area contributed by atoms with Crippen LogP contribution in [0.1, 0.15) is 21.6 Å². The van der Waals surface area contributed by atoms with Crippen LogP contribution in [-0.2, 0) is 6.61 Å². The molecule has 2 rings (SSSR count). The van der Waals surface area contributed by atoms with E-state index in [0.29, 0.717) is 17.9 Å². The van der Waals surface area contributed by atoms with Crippen LogP contribution in [0.4, 0.5) is 0 Å². The lowest BCUT2D eigenvalue weighted by molar-refractivity contribution is 0.112. The second-order valence-corrected chi connectivity index (χ2v) is 4.71. The summed E-state index contributed by atoms with van der Waals surface area (Å²) in [6.45, 7) is 2.39. The van der Waals surface area contributed by atoms with Gasteiger partial charge in [0, 0.05) is 16.2 Å². The van der Waals surface area contributed by atoms with E-state index in [1.165, 1.54) is 0 Å². The van der Waals surface area contributed by atoms with Gasteiger partial charge >= 0.3 is 0 Å². The zero-order chi connectivity index (χ0) is 13.0. The molecule has 0 atom stereocenters. The highest BCUT2D eigenvalue weighted by atomic mass is 79.9. The molecule has 0 saturated heterocycles. The third kappa shape index (κ3) is 2.96. The molecule has 0 amide bonds. The minimum absolute atomic E-state index is 0.395. The number of carbonyl (C=O) groups excluding carboxylic acids is 1. The van der Waals surface area contributed by atoms with Crippen LogP contribution < -0.4 is 4.74 Å². The van der Waals surface area contributed by atoms with Gasteiger partial charge in [0.1, 0.15) is 12.4 Å². The van der Waals surface area contributed by atoms with E-state index in [9.17, 15) is 4.79 Å². The van der Waals surface area contributed by atoms with Gasteiger partial charge in [-0.3, -0.25) is 9.78 Å². The standard InChI is InChI=1S/C14H12BrNO2/c1-10-3-2-6-16-14(10)9-18-12-4-5-13(15)11(7-12)8-17/h2-8H,9H2,1H3. The Labute approximate surface area is 114 Å². The zero-order valence-electron chi connectivity index (χ0n) is 9.89. The van der Waals surface area contributed by atoms with E-state index in [-0.39, 0.29) is 0 Å². The normalized spacial score (nSPS) is 10.1. The maximum atomic E-state index is 10.8. The summed E-state index contributed by atoms with van der Waals surface area (Å²) in [5.41, 5.74) is 2.56. The molecule has 0 N–H and O–H groups in total. The molecule has 2 aromatic rings. The number of carbonyl (C=O) groups is 1. The molecular weight excluding hydrogens is 294 g/mol. The first-order valence-corrected chi connectivity index (χ1v) is 6.28. The van der Waals surface area contributed by atoms with Gasteiger partial charge in [0.15, 0.2) is 6.29 Å². The van der Waals surface area contributed by atoms with Crippen molar-refractivity contribution in [3.63, 3.8) is 0 Å². The molecule has 92 valence electrons. The summed E-state index contributed by atoms with van der Waals surface area (Å²) in [4.78, 5) is 15.1. The summed E-state index contributed by atoms with van der Waals surface area (Å²) >= 11 is 3.30. The number of ether oxygens (including phenoxy) is 1. The van der Waals surface area contributed by atoms with Crippen LogP contribution in [0.5, 0.6) is 5.75 Å². The Hall–Kier alpha value is -1.68. The zero-order valence-corrected chi connectivity index (χ0v) is 11.5. The number of aromatic nitrogens is 1. The Bertz CT molecular complexity index is 569. The quantitative estimate of drug-likeness (QED) is 0.811. The van der Waals surface area contributed by atoms with Gasteiger partial charge in [-0.05, 0) is 36.8 Å². The highest BCUT2D eigenvalue weighted by molar-refractivity contribution is 9.10. The van der Waals surface area contributed by atoms with Crippen LogP contribution in [0.3, 0.4) is 0 Å². The van der Waals surface area contributed by atoms with Crippen LogP contribution >= 0.6 is 15.9 Å². The molecule has 1 aromatic carbocycles. The smallest absolute Gasteiger partial charge is 0.151 e. The van der Waals surface area contributed by atoms with Crippen molar-refractivity contribution in [1.29, 1.82) is 0 Å². The Morgan fingerprint density at radius 3 is 2.94 bits per heavy atom. The molecule has 0 aliphatic carbocycles. The second kappa shape index (κ2) is 5.78. The third-order valence-corrected chi connectivity index (χ3v) is 3.31. The van der Waals surface area contributed by atoms with E-state index < -0.39 is 0 Å². The molecule has 0 unspecified atom stereocenters. The van der Waals surface area contributed by atoms with E-state index in [1.807, 2.05) is 25.1 Å². The molecule has 0 saturated carbocycles. The van der Waals surface area contributed by atoms with Crippen LogP contribution in [0.2, 0.25) is 0 Å². The maximum Gasteiger partial charge on any atom is 0.151 e. The van der Waals surface area contributed by atoms with Gasteiger partial charge in [-0.2, -0.15) is 0 Å². The van der Waals surface area contributed by atoms with Crippen molar-refractivity contribution in [3.05, 3.63) is 57.8 Å². The molecule has 18 heavy (non-hydrogen) atoms.